The summed E-state index contributed by atoms with van der Waals surface area (Å²) in [5.41, 5.74) is 8.59. The Morgan fingerprint density at radius 3 is 2.61 bits per heavy atom. The van der Waals surface area contributed by atoms with Crippen molar-refractivity contribution in [3.8, 4) is 0 Å². The quantitative estimate of drug-likeness (QED) is 0.577. The van der Waals surface area contributed by atoms with E-state index in [1.54, 1.807) is 11.5 Å². The van der Waals surface area contributed by atoms with Gasteiger partial charge in [0, 0.05) is 44.7 Å². The molecule has 0 saturated carbocycles. The molecule has 0 bridgehead atoms. The first kappa shape index (κ1) is 20.3. The van der Waals surface area contributed by atoms with Gasteiger partial charge in [-0.3, -0.25) is 9.69 Å². The smallest absolute Gasteiger partial charge is 0.250 e. The fourth-order valence-corrected chi connectivity index (χ4v) is 5.67. The first-order valence-electron chi connectivity index (χ1n) is 11.2. The summed E-state index contributed by atoms with van der Waals surface area (Å²) >= 11 is 1.60. The van der Waals surface area contributed by atoms with Crippen molar-refractivity contribution in [3.63, 3.8) is 0 Å². The number of fused-ring (bicyclic) bond motifs is 2. The van der Waals surface area contributed by atoms with Crippen molar-refractivity contribution in [2.24, 2.45) is 5.73 Å². The molecule has 31 heavy (non-hydrogen) atoms. The van der Waals surface area contributed by atoms with Gasteiger partial charge in [0.2, 0.25) is 0 Å². The number of piperazine rings is 1. The van der Waals surface area contributed by atoms with Gasteiger partial charge in [-0.25, -0.2) is 0 Å². The number of para-hydroxylation sites is 1. The number of amides is 1. The minimum Gasteiger partial charge on any atom is -0.370 e. The third-order valence-electron chi connectivity index (χ3n) is 6.53. The number of hydrogen-bond donors (Lipinski definition) is 1. The van der Waals surface area contributed by atoms with E-state index in [2.05, 4.69) is 45.0 Å². The standard InChI is InChI=1S/C24H29N5OS/c25-23(30)20-8-5-6-18-10-13-28(22(18)20)12-4-3-11-27-14-16-29(17-15-27)24-19-7-1-2-9-21(19)31-26-24/h1-2,5-9H,3-4,10-17H2,(H2,25,30). The van der Waals surface area contributed by atoms with Gasteiger partial charge in [0.25, 0.3) is 5.91 Å². The Balaban J connectivity index is 1.09. The van der Waals surface area contributed by atoms with Crippen molar-refractivity contribution in [3.05, 3.63) is 53.6 Å². The number of carbonyl (C=O) groups is 1. The third-order valence-corrected chi connectivity index (χ3v) is 7.35. The highest BCUT2D eigenvalue weighted by atomic mass is 32.1. The zero-order valence-electron chi connectivity index (χ0n) is 17.8. The van der Waals surface area contributed by atoms with Gasteiger partial charge in [0.05, 0.1) is 16.0 Å². The SMILES string of the molecule is NC(=O)c1cccc2c1N(CCCCN1CCN(c3nsc4ccccc34)CC1)CC2. The van der Waals surface area contributed by atoms with Crippen LogP contribution in [0.4, 0.5) is 11.5 Å². The lowest BCUT2D eigenvalue weighted by Gasteiger charge is -2.35. The van der Waals surface area contributed by atoms with Crippen molar-refractivity contribution in [1.29, 1.82) is 0 Å². The molecule has 1 fully saturated rings. The number of primary amides is 1. The molecule has 2 aliphatic heterocycles. The molecule has 3 aromatic rings. The van der Waals surface area contributed by atoms with Gasteiger partial charge in [-0.1, -0.05) is 24.3 Å². The summed E-state index contributed by atoms with van der Waals surface area (Å²) in [6.07, 6.45) is 3.30. The van der Waals surface area contributed by atoms with Gasteiger partial charge in [-0.15, -0.1) is 0 Å². The summed E-state index contributed by atoms with van der Waals surface area (Å²) in [4.78, 5) is 19.2. The molecule has 162 valence electrons. The van der Waals surface area contributed by atoms with E-state index in [9.17, 15) is 4.79 Å². The Kier molecular flexibility index (Phi) is 5.78. The van der Waals surface area contributed by atoms with Crippen molar-refractivity contribution in [2.45, 2.75) is 19.3 Å². The molecule has 0 aliphatic carbocycles. The van der Waals surface area contributed by atoms with E-state index in [0.29, 0.717) is 5.56 Å². The van der Waals surface area contributed by atoms with Crippen LogP contribution in [0.1, 0.15) is 28.8 Å². The van der Waals surface area contributed by atoms with E-state index in [0.717, 1.165) is 70.2 Å². The molecule has 2 aliphatic rings. The summed E-state index contributed by atoms with van der Waals surface area (Å²) in [5, 5.41) is 1.28. The second-order valence-corrected chi connectivity index (χ2v) is 9.26. The van der Waals surface area contributed by atoms with Crippen LogP contribution in [-0.2, 0) is 6.42 Å². The third kappa shape index (κ3) is 4.12. The molecule has 0 atom stereocenters. The minimum absolute atomic E-state index is 0.325. The van der Waals surface area contributed by atoms with E-state index in [4.69, 9.17) is 10.1 Å². The maximum absolute atomic E-state index is 11.8. The lowest BCUT2D eigenvalue weighted by atomic mass is 10.1. The summed E-state index contributed by atoms with van der Waals surface area (Å²) in [7, 11) is 0. The summed E-state index contributed by atoms with van der Waals surface area (Å²) in [6, 6.07) is 14.4. The van der Waals surface area contributed by atoms with Crippen LogP contribution >= 0.6 is 11.5 Å². The number of unbranched alkanes of at least 4 members (excludes halogenated alkanes) is 1. The number of rotatable bonds is 7. The Bertz CT molecular complexity index is 1070. The van der Waals surface area contributed by atoms with Crippen LogP contribution < -0.4 is 15.5 Å². The lowest BCUT2D eigenvalue weighted by molar-refractivity contribution is 0.100. The highest BCUT2D eigenvalue weighted by Crippen LogP contribution is 2.32. The number of hydrogen-bond acceptors (Lipinski definition) is 6. The molecule has 2 aromatic carbocycles. The maximum Gasteiger partial charge on any atom is 0.250 e. The lowest BCUT2D eigenvalue weighted by Crippen LogP contribution is -2.46. The van der Waals surface area contributed by atoms with Crippen LogP contribution in [0.2, 0.25) is 0 Å². The largest absolute Gasteiger partial charge is 0.370 e. The van der Waals surface area contributed by atoms with Crippen molar-refractivity contribution in [2.75, 3.05) is 55.6 Å². The monoisotopic (exact) mass is 435 g/mol. The van der Waals surface area contributed by atoms with E-state index < -0.39 is 0 Å². The van der Waals surface area contributed by atoms with Gasteiger partial charge in [-0.2, -0.15) is 4.37 Å². The summed E-state index contributed by atoms with van der Waals surface area (Å²) in [5.74, 6) is 0.827. The molecule has 1 amide bonds. The Labute approximate surface area is 187 Å². The predicted molar refractivity (Wildman–Crippen MR) is 128 cm³/mol. The Morgan fingerprint density at radius 2 is 1.77 bits per heavy atom. The topological polar surface area (TPSA) is 65.7 Å². The number of aromatic nitrogens is 1. The first-order valence-corrected chi connectivity index (χ1v) is 12.0. The molecule has 1 saturated heterocycles. The summed E-state index contributed by atoms with van der Waals surface area (Å²) in [6.45, 7) is 7.35. The fourth-order valence-electron chi connectivity index (χ4n) is 4.88. The summed E-state index contributed by atoms with van der Waals surface area (Å²) < 4.78 is 5.98. The molecule has 0 radical (unpaired) electrons. The first-order chi connectivity index (χ1) is 15.2. The van der Waals surface area contributed by atoms with Gasteiger partial charge in [0.1, 0.15) is 5.82 Å². The normalized spacial score (nSPS) is 16.8. The van der Waals surface area contributed by atoms with Gasteiger partial charge >= 0.3 is 0 Å². The second-order valence-electron chi connectivity index (χ2n) is 8.45. The van der Waals surface area contributed by atoms with Crippen LogP contribution in [0.3, 0.4) is 0 Å². The number of benzene rings is 2. The van der Waals surface area contributed by atoms with Crippen LogP contribution in [0, 0.1) is 0 Å². The number of anilines is 2. The number of carbonyl (C=O) groups excluding carboxylic acids is 1. The Hall–Kier alpha value is -2.64. The molecule has 7 heteroatoms. The van der Waals surface area contributed by atoms with E-state index >= 15 is 0 Å². The molecule has 0 unspecified atom stereocenters. The average Bonchev–Trinajstić information content (AvgIpc) is 3.41. The molecule has 1 aromatic heterocycles. The van der Waals surface area contributed by atoms with Crippen LogP contribution in [0.15, 0.2) is 42.5 Å². The van der Waals surface area contributed by atoms with E-state index in [-0.39, 0.29) is 5.91 Å². The fraction of sp³-hybridized carbons (Fsp3) is 0.417. The molecule has 0 spiro atoms. The second kappa shape index (κ2) is 8.85. The van der Waals surface area contributed by atoms with Crippen LogP contribution in [0.25, 0.3) is 10.1 Å². The highest BCUT2D eigenvalue weighted by molar-refractivity contribution is 7.13. The zero-order valence-corrected chi connectivity index (χ0v) is 18.6. The van der Waals surface area contributed by atoms with Gasteiger partial charge in [-0.05, 0) is 61.1 Å². The molecular weight excluding hydrogens is 406 g/mol. The van der Waals surface area contributed by atoms with Crippen molar-refractivity contribution < 1.29 is 4.79 Å². The maximum atomic E-state index is 11.8. The van der Waals surface area contributed by atoms with Crippen molar-refractivity contribution >= 4 is 39.0 Å². The minimum atomic E-state index is -0.325. The molecule has 6 nitrogen and oxygen atoms in total. The highest BCUT2D eigenvalue weighted by Gasteiger charge is 2.24. The van der Waals surface area contributed by atoms with Gasteiger partial charge in [0.15, 0.2) is 0 Å². The van der Waals surface area contributed by atoms with Crippen LogP contribution in [-0.4, -0.2) is 61.0 Å². The van der Waals surface area contributed by atoms with Gasteiger partial charge < -0.3 is 15.5 Å². The predicted octanol–water partition coefficient (Wildman–Crippen LogP) is 3.36. The number of nitrogens with two attached hydrogens (primary N) is 1. The average molecular weight is 436 g/mol. The Morgan fingerprint density at radius 1 is 0.968 bits per heavy atom. The van der Waals surface area contributed by atoms with E-state index in [1.807, 2.05) is 12.1 Å². The number of nitrogens with zero attached hydrogens (tertiary/aromatic N) is 4. The zero-order chi connectivity index (χ0) is 21.2. The molecule has 2 N–H and O–H groups in total. The van der Waals surface area contributed by atoms with E-state index in [1.165, 1.54) is 22.1 Å². The molecule has 3 heterocycles. The molecular formula is C24H29N5OS. The van der Waals surface area contributed by atoms with Crippen LogP contribution in [0.5, 0.6) is 0 Å². The molecule has 5 rings (SSSR count). The van der Waals surface area contributed by atoms with Crippen molar-refractivity contribution in [1.82, 2.24) is 9.27 Å².